The second-order valence-corrected chi connectivity index (χ2v) is 4.77. The molecule has 0 bridgehead atoms. The van der Waals surface area contributed by atoms with E-state index < -0.39 is 5.97 Å². The van der Waals surface area contributed by atoms with E-state index in [1.54, 1.807) is 18.2 Å². The molecule has 110 valence electrons. The first-order valence-electron chi connectivity index (χ1n) is 7.01. The van der Waals surface area contributed by atoms with Gasteiger partial charge in [-0.15, -0.1) is 0 Å². The smallest absolute Gasteiger partial charge is 0.335 e. The van der Waals surface area contributed by atoms with Gasteiger partial charge in [-0.1, -0.05) is 19.9 Å². The second kappa shape index (κ2) is 6.35. The standard InChI is InChI=1S/C16H19N3O2/c1-4-13-10(3)17-14(5-2)19-15(13)18-12-8-6-7-11(9-12)16(20)21/h6-9H,4-5H2,1-3H3,(H,20,21)(H,17,18,19). The molecule has 0 amide bonds. The summed E-state index contributed by atoms with van der Waals surface area (Å²) in [5.41, 5.74) is 2.97. The number of aromatic carboxylic acids is 1. The fourth-order valence-electron chi connectivity index (χ4n) is 2.21. The predicted molar refractivity (Wildman–Crippen MR) is 82.2 cm³/mol. The summed E-state index contributed by atoms with van der Waals surface area (Å²) < 4.78 is 0. The van der Waals surface area contributed by atoms with Crippen LogP contribution in [0.4, 0.5) is 11.5 Å². The van der Waals surface area contributed by atoms with Gasteiger partial charge in [0.1, 0.15) is 11.6 Å². The van der Waals surface area contributed by atoms with Gasteiger partial charge in [-0.25, -0.2) is 14.8 Å². The molecular formula is C16H19N3O2. The van der Waals surface area contributed by atoms with Crippen LogP contribution in [0.15, 0.2) is 24.3 Å². The summed E-state index contributed by atoms with van der Waals surface area (Å²) >= 11 is 0. The fraction of sp³-hybridized carbons (Fsp3) is 0.312. The third kappa shape index (κ3) is 3.37. The van der Waals surface area contributed by atoms with Crippen molar-refractivity contribution in [3.05, 3.63) is 46.9 Å². The zero-order valence-corrected chi connectivity index (χ0v) is 12.5. The molecule has 2 rings (SSSR count). The number of carboxylic acid groups (broad SMARTS) is 1. The Kier molecular flexibility index (Phi) is 4.52. The van der Waals surface area contributed by atoms with Gasteiger partial charge in [0.2, 0.25) is 0 Å². The van der Waals surface area contributed by atoms with E-state index in [9.17, 15) is 4.79 Å². The van der Waals surface area contributed by atoms with Crippen molar-refractivity contribution in [2.24, 2.45) is 0 Å². The van der Waals surface area contributed by atoms with Gasteiger partial charge in [0, 0.05) is 23.4 Å². The molecule has 21 heavy (non-hydrogen) atoms. The molecule has 0 atom stereocenters. The topological polar surface area (TPSA) is 75.1 Å². The third-order valence-corrected chi connectivity index (χ3v) is 3.30. The molecular weight excluding hydrogens is 266 g/mol. The van der Waals surface area contributed by atoms with Gasteiger partial charge >= 0.3 is 5.97 Å². The molecule has 5 heteroatoms. The zero-order chi connectivity index (χ0) is 15.4. The molecule has 1 aromatic heterocycles. The zero-order valence-electron chi connectivity index (χ0n) is 12.5. The lowest BCUT2D eigenvalue weighted by molar-refractivity contribution is 0.0697. The number of nitrogens with zero attached hydrogens (tertiary/aromatic N) is 2. The first-order valence-corrected chi connectivity index (χ1v) is 7.01. The average molecular weight is 285 g/mol. The van der Waals surface area contributed by atoms with Crippen LogP contribution in [0.2, 0.25) is 0 Å². The third-order valence-electron chi connectivity index (χ3n) is 3.30. The van der Waals surface area contributed by atoms with Gasteiger partial charge in [-0.2, -0.15) is 0 Å². The summed E-state index contributed by atoms with van der Waals surface area (Å²) in [5, 5.41) is 12.3. The predicted octanol–water partition coefficient (Wildman–Crippen LogP) is 3.35. The molecule has 0 aliphatic carbocycles. The fourth-order valence-corrected chi connectivity index (χ4v) is 2.21. The van der Waals surface area contributed by atoms with E-state index in [1.807, 2.05) is 19.9 Å². The van der Waals surface area contributed by atoms with Crippen molar-refractivity contribution in [3.8, 4) is 0 Å². The Hall–Kier alpha value is -2.43. The van der Waals surface area contributed by atoms with Crippen LogP contribution in [0.1, 0.15) is 41.3 Å². The molecule has 0 unspecified atom stereocenters. The molecule has 2 aromatic rings. The Morgan fingerprint density at radius 1 is 1.24 bits per heavy atom. The Balaban J connectivity index is 2.40. The molecule has 0 aliphatic rings. The first-order chi connectivity index (χ1) is 10.0. The van der Waals surface area contributed by atoms with E-state index in [0.29, 0.717) is 5.69 Å². The summed E-state index contributed by atoms with van der Waals surface area (Å²) in [7, 11) is 0. The monoisotopic (exact) mass is 285 g/mol. The Labute approximate surface area is 124 Å². The molecule has 0 saturated heterocycles. The van der Waals surface area contributed by atoms with Crippen LogP contribution in [0, 0.1) is 6.92 Å². The highest BCUT2D eigenvalue weighted by Gasteiger charge is 2.11. The average Bonchev–Trinajstić information content (AvgIpc) is 2.47. The second-order valence-electron chi connectivity index (χ2n) is 4.77. The Morgan fingerprint density at radius 3 is 2.62 bits per heavy atom. The van der Waals surface area contributed by atoms with Crippen LogP contribution in [0.25, 0.3) is 0 Å². The van der Waals surface area contributed by atoms with E-state index in [1.165, 1.54) is 0 Å². The highest BCUT2D eigenvalue weighted by atomic mass is 16.4. The number of rotatable bonds is 5. The van der Waals surface area contributed by atoms with Gasteiger partial charge < -0.3 is 10.4 Å². The molecule has 0 fully saturated rings. The lowest BCUT2D eigenvalue weighted by atomic mass is 10.1. The summed E-state index contributed by atoms with van der Waals surface area (Å²) in [6.45, 7) is 6.03. The number of aryl methyl sites for hydroxylation is 2. The van der Waals surface area contributed by atoms with Crippen LogP contribution in [-0.2, 0) is 12.8 Å². The maximum absolute atomic E-state index is 11.0. The van der Waals surface area contributed by atoms with Crippen molar-refractivity contribution in [3.63, 3.8) is 0 Å². The minimum Gasteiger partial charge on any atom is -0.478 e. The van der Waals surface area contributed by atoms with Crippen molar-refractivity contribution in [1.29, 1.82) is 0 Å². The molecule has 0 radical (unpaired) electrons. The van der Waals surface area contributed by atoms with Crippen molar-refractivity contribution in [2.45, 2.75) is 33.6 Å². The molecule has 1 heterocycles. The summed E-state index contributed by atoms with van der Waals surface area (Å²) in [6.07, 6.45) is 1.57. The Morgan fingerprint density at radius 2 is 2.00 bits per heavy atom. The quantitative estimate of drug-likeness (QED) is 0.881. The number of carbonyl (C=O) groups is 1. The van der Waals surface area contributed by atoms with Gasteiger partial charge in [0.15, 0.2) is 0 Å². The number of hydrogen-bond acceptors (Lipinski definition) is 4. The van der Waals surface area contributed by atoms with E-state index in [0.717, 1.165) is 35.7 Å². The minimum atomic E-state index is -0.942. The molecule has 2 N–H and O–H groups in total. The SMILES string of the molecule is CCc1nc(C)c(CC)c(Nc2cccc(C(=O)O)c2)n1. The number of benzene rings is 1. The number of carboxylic acids is 1. The normalized spacial score (nSPS) is 10.4. The molecule has 0 spiro atoms. The van der Waals surface area contributed by atoms with Crippen molar-refractivity contribution < 1.29 is 9.90 Å². The van der Waals surface area contributed by atoms with Crippen LogP contribution in [0.5, 0.6) is 0 Å². The van der Waals surface area contributed by atoms with E-state index in [4.69, 9.17) is 5.11 Å². The molecule has 1 aromatic carbocycles. The van der Waals surface area contributed by atoms with E-state index in [-0.39, 0.29) is 5.56 Å². The summed E-state index contributed by atoms with van der Waals surface area (Å²) in [5.74, 6) is 0.591. The maximum atomic E-state index is 11.0. The summed E-state index contributed by atoms with van der Waals surface area (Å²) in [6, 6.07) is 6.71. The van der Waals surface area contributed by atoms with Crippen LogP contribution >= 0.6 is 0 Å². The molecule has 0 saturated carbocycles. The van der Waals surface area contributed by atoms with Gasteiger partial charge in [0.25, 0.3) is 0 Å². The number of aromatic nitrogens is 2. The summed E-state index contributed by atoms with van der Waals surface area (Å²) in [4.78, 5) is 20.0. The number of anilines is 2. The highest BCUT2D eigenvalue weighted by Crippen LogP contribution is 2.22. The van der Waals surface area contributed by atoms with Gasteiger partial charge in [0.05, 0.1) is 5.56 Å². The molecule has 5 nitrogen and oxygen atoms in total. The van der Waals surface area contributed by atoms with Crippen LogP contribution in [-0.4, -0.2) is 21.0 Å². The highest BCUT2D eigenvalue weighted by molar-refractivity contribution is 5.89. The largest absolute Gasteiger partial charge is 0.478 e. The van der Waals surface area contributed by atoms with Gasteiger partial charge in [-0.05, 0) is 31.5 Å². The van der Waals surface area contributed by atoms with Crippen LogP contribution in [0.3, 0.4) is 0 Å². The maximum Gasteiger partial charge on any atom is 0.335 e. The first kappa shape index (κ1) is 15.0. The lowest BCUT2D eigenvalue weighted by Gasteiger charge is -2.13. The van der Waals surface area contributed by atoms with E-state index >= 15 is 0 Å². The lowest BCUT2D eigenvalue weighted by Crippen LogP contribution is -2.07. The van der Waals surface area contributed by atoms with Crippen molar-refractivity contribution >= 4 is 17.5 Å². The Bertz CT molecular complexity index is 669. The number of hydrogen-bond donors (Lipinski definition) is 2. The van der Waals surface area contributed by atoms with E-state index in [2.05, 4.69) is 22.2 Å². The molecule has 0 aliphatic heterocycles. The minimum absolute atomic E-state index is 0.250. The van der Waals surface area contributed by atoms with Crippen molar-refractivity contribution in [1.82, 2.24) is 9.97 Å². The van der Waals surface area contributed by atoms with Gasteiger partial charge in [-0.3, -0.25) is 0 Å². The van der Waals surface area contributed by atoms with Crippen LogP contribution < -0.4 is 5.32 Å². The van der Waals surface area contributed by atoms with Crippen molar-refractivity contribution in [2.75, 3.05) is 5.32 Å². The number of nitrogens with one attached hydrogen (secondary N) is 1.